The Labute approximate surface area is 105 Å². The van der Waals surface area contributed by atoms with E-state index in [1.54, 1.807) is 10.9 Å². The van der Waals surface area contributed by atoms with E-state index in [2.05, 4.69) is 15.6 Å². The Bertz CT molecular complexity index is 476. The quantitative estimate of drug-likeness (QED) is 0.292. The van der Waals surface area contributed by atoms with Crippen molar-refractivity contribution in [1.29, 1.82) is 0 Å². The number of aromatic nitrogens is 2. The Morgan fingerprint density at radius 1 is 1.72 bits per heavy atom. The van der Waals surface area contributed by atoms with Crippen molar-refractivity contribution in [2.45, 2.75) is 26.3 Å². The van der Waals surface area contributed by atoms with Gasteiger partial charge in [0.05, 0.1) is 12.7 Å². The molecule has 1 fully saturated rings. The third-order valence-electron chi connectivity index (χ3n) is 3.17. The molecule has 0 unspecified atom stereocenters. The Kier molecular flexibility index (Phi) is 3.22. The summed E-state index contributed by atoms with van der Waals surface area (Å²) in [4.78, 5) is 11.9. The average Bonchev–Trinajstić information content (AvgIpc) is 3.07. The Morgan fingerprint density at radius 3 is 2.94 bits per heavy atom. The number of nitrogens with zero attached hydrogens (tertiary/aromatic N) is 3. The molecule has 1 amide bonds. The third-order valence-corrected chi connectivity index (χ3v) is 3.17. The summed E-state index contributed by atoms with van der Waals surface area (Å²) in [6.07, 6.45) is 4.94. The number of carbonyl (C=O) groups is 1. The summed E-state index contributed by atoms with van der Waals surface area (Å²) in [7, 11) is 0. The highest BCUT2D eigenvalue weighted by Crippen LogP contribution is 2.45. The van der Waals surface area contributed by atoms with Crippen molar-refractivity contribution < 1.29 is 10.0 Å². The highest BCUT2D eigenvalue weighted by Gasteiger charge is 2.54. The van der Waals surface area contributed by atoms with Gasteiger partial charge in [-0.3, -0.25) is 9.48 Å². The maximum Gasteiger partial charge on any atom is 0.234 e. The van der Waals surface area contributed by atoms with Gasteiger partial charge in [0.25, 0.3) is 0 Å². The van der Waals surface area contributed by atoms with E-state index in [9.17, 15) is 4.79 Å². The van der Waals surface area contributed by atoms with Crippen LogP contribution in [0.2, 0.25) is 0 Å². The zero-order valence-corrected chi connectivity index (χ0v) is 10.3. The minimum absolute atomic E-state index is 0.00469. The Hall–Kier alpha value is -2.05. The first-order valence-electron chi connectivity index (χ1n) is 5.84. The number of amidine groups is 1. The van der Waals surface area contributed by atoms with Crippen LogP contribution in [0.15, 0.2) is 17.5 Å². The molecule has 2 rings (SSSR count). The van der Waals surface area contributed by atoms with E-state index in [0.29, 0.717) is 25.9 Å². The summed E-state index contributed by atoms with van der Waals surface area (Å²) < 4.78 is 1.76. The van der Waals surface area contributed by atoms with Crippen LogP contribution in [0.1, 0.15) is 18.4 Å². The molecule has 0 radical (unpaired) electrons. The first kappa shape index (κ1) is 12.4. The van der Waals surface area contributed by atoms with Crippen LogP contribution < -0.4 is 11.1 Å². The van der Waals surface area contributed by atoms with Crippen molar-refractivity contribution in [1.82, 2.24) is 15.1 Å². The molecule has 1 aromatic rings. The predicted octanol–water partition coefficient (Wildman–Crippen LogP) is -0.166. The Morgan fingerprint density at radius 2 is 2.44 bits per heavy atom. The van der Waals surface area contributed by atoms with Gasteiger partial charge in [0.2, 0.25) is 5.91 Å². The molecule has 0 bridgehead atoms. The predicted molar refractivity (Wildman–Crippen MR) is 65.0 cm³/mol. The number of nitrogens with two attached hydrogens (primary N) is 1. The minimum Gasteiger partial charge on any atom is -0.409 e. The number of oxime groups is 1. The normalized spacial score (nSPS) is 17.5. The van der Waals surface area contributed by atoms with Crippen molar-refractivity contribution in [3.8, 4) is 0 Å². The van der Waals surface area contributed by atoms with Gasteiger partial charge in [-0.25, -0.2) is 0 Å². The molecule has 0 spiro atoms. The van der Waals surface area contributed by atoms with Gasteiger partial charge >= 0.3 is 0 Å². The molecule has 7 heteroatoms. The SMILES string of the molecule is Cc1cnn(CCNC(=O)C2(C(N)=NO)CC2)c1. The van der Waals surface area contributed by atoms with Crippen LogP contribution in [-0.2, 0) is 11.3 Å². The molecule has 1 heterocycles. The lowest BCUT2D eigenvalue weighted by Gasteiger charge is -2.13. The summed E-state index contributed by atoms with van der Waals surface area (Å²) in [6, 6.07) is 0. The standard InChI is InChI=1S/C11H17N5O2/c1-8-6-14-16(7-8)5-4-13-10(17)11(2-3-11)9(12)15-18/h6-7,18H,2-5H2,1H3,(H2,12,15)(H,13,17). The van der Waals surface area contributed by atoms with E-state index < -0.39 is 5.41 Å². The first-order valence-corrected chi connectivity index (χ1v) is 5.84. The van der Waals surface area contributed by atoms with E-state index >= 15 is 0 Å². The molecule has 1 aliphatic carbocycles. The molecule has 1 aromatic heterocycles. The summed E-state index contributed by atoms with van der Waals surface area (Å²) >= 11 is 0. The molecule has 0 saturated heterocycles. The van der Waals surface area contributed by atoms with E-state index in [-0.39, 0.29) is 11.7 Å². The smallest absolute Gasteiger partial charge is 0.234 e. The fourth-order valence-electron chi connectivity index (χ4n) is 1.86. The van der Waals surface area contributed by atoms with Crippen LogP contribution in [0.5, 0.6) is 0 Å². The first-order chi connectivity index (χ1) is 8.58. The fraction of sp³-hybridized carbons (Fsp3) is 0.545. The van der Waals surface area contributed by atoms with Gasteiger partial charge in [0, 0.05) is 12.7 Å². The van der Waals surface area contributed by atoms with Gasteiger partial charge in [-0.1, -0.05) is 5.16 Å². The number of nitrogens with one attached hydrogen (secondary N) is 1. The highest BCUT2D eigenvalue weighted by atomic mass is 16.4. The zero-order valence-electron chi connectivity index (χ0n) is 10.3. The monoisotopic (exact) mass is 251 g/mol. The summed E-state index contributed by atoms with van der Waals surface area (Å²) in [6.45, 7) is 3.03. The van der Waals surface area contributed by atoms with Gasteiger partial charge in [-0.15, -0.1) is 0 Å². The lowest BCUT2D eigenvalue weighted by atomic mass is 10.1. The molecular weight excluding hydrogens is 234 g/mol. The molecule has 98 valence electrons. The third kappa shape index (κ3) is 2.29. The van der Waals surface area contributed by atoms with Gasteiger partial charge in [-0.05, 0) is 25.3 Å². The lowest BCUT2D eigenvalue weighted by molar-refractivity contribution is -0.124. The molecule has 0 aromatic carbocycles. The van der Waals surface area contributed by atoms with Crippen LogP contribution in [0.4, 0.5) is 0 Å². The van der Waals surface area contributed by atoms with Crippen LogP contribution in [0, 0.1) is 12.3 Å². The molecule has 7 nitrogen and oxygen atoms in total. The van der Waals surface area contributed by atoms with Crippen molar-refractivity contribution in [3.63, 3.8) is 0 Å². The molecule has 18 heavy (non-hydrogen) atoms. The highest BCUT2D eigenvalue weighted by molar-refractivity contribution is 6.09. The number of hydrogen-bond donors (Lipinski definition) is 3. The van der Waals surface area contributed by atoms with E-state index in [1.165, 1.54) is 0 Å². The van der Waals surface area contributed by atoms with Crippen LogP contribution >= 0.6 is 0 Å². The van der Waals surface area contributed by atoms with E-state index in [0.717, 1.165) is 5.56 Å². The molecule has 4 N–H and O–H groups in total. The second-order valence-electron chi connectivity index (χ2n) is 4.60. The second-order valence-corrected chi connectivity index (χ2v) is 4.60. The largest absolute Gasteiger partial charge is 0.409 e. The molecular formula is C11H17N5O2. The fourth-order valence-corrected chi connectivity index (χ4v) is 1.86. The van der Waals surface area contributed by atoms with Crippen molar-refractivity contribution >= 4 is 11.7 Å². The van der Waals surface area contributed by atoms with Crippen molar-refractivity contribution in [3.05, 3.63) is 18.0 Å². The van der Waals surface area contributed by atoms with Crippen molar-refractivity contribution in [2.75, 3.05) is 6.54 Å². The molecule has 1 aliphatic rings. The van der Waals surface area contributed by atoms with Gasteiger partial charge in [0.1, 0.15) is 5.41 Å². The molecule has 0 aliphatic heterocycles. The summed E-state index contributed by atoms with van der Waals surface area (Å²) in [5, 5.41) is 18.5. The number of carbonyl (C=O) groups excluding carboxylic acids is 1. The van der Waals surface area contributed by atoms with Crippen molar-refractivity contribution in [2.24, 2.45) is 16.3 Å². The van der Waals surface area contributed by atoms with Gasteiger partial charge < -0.3 is 16.3 Å². The van der Waals surface area contributed by atoms with E-state index in [4.69, 9.17) is 10.9 Å². The molecule has 1 saturated carbocycles. The average molecular weight is 251 g/mol. The number of rotatable bonds is 5. The second kappa shape index (κ2) is 4.67. The van der Waals surface area contributed by atoms with Crippen LogP contribution in [0.25, 0.3) is 0 Å². The number of hydrogen-bond acceptors (Lipinski definition) is 4. The zero-order chi connectivity index (χ0) is 13.2. The topological polar surface area (TPSA) is 106 Å². The van der Waals surface area contributed by atoms with E-state index in [1.807, 2.05) is 13.1 Å². The van der Waals surface area contributed by atoms with Crippen LogP contribution in [0.3, 0.4) is 0 Å². The van der Waals surface area contributed by atoms with Gasteiger partial charge in [-0.2, -0.15) is 5.10 Å². The Balaban J connectivity index is 1.82. The van der Waals surface area contributed by atoms with Gasteiger partial charge in [0.15, 0.2) is 5.84 Å². The molecule has 0 atom stereocenters. The summed E-state index contributed by atoms with van der Waals surface area (Å²) in [5.41, 5.74) is 5.82. The van der Waals surface area contributed by atoms with Crippen LogP contribution in [-0.4, -0.2) is 33.3 Å². The maximum atomic E-state index is 11.9. The maximum absolute atomic E-state index is 11.9. The summed E-state index contributed by atoms with van der Waals surface area (Å²) in [5.74, 6) is -0.184. The number of aryl methyl sites for hydroxylation is 1. The minimum atomic E-state index is -0.783. The number of amides is 1. The lowest BCUT2D eigenvalue weighted by Crippen LogP contribution is -2.41.